The van der Waals surface area contributed by atoms with Crippen molar-refractivity contribution < 1.29 is 0 Å². The molecule has 0 spiro atoms. The van der Waals surface area contributed by atoms with Crippen LogP contribution in [0.2, 0.25) is 0 Å². The third-order valence-electron chi connectivity index (χ3n) is 3.37. The van der Waals surface area contributed by atoms with Crippen molar-refractivity contribution >= 4 is 0 Å². The highest BCUT2D eigenvalue weighted by molar-refractivity contribution is 5.35. The van der Waals surface area contributed by atoms with Gasteiger partial charge in [0.05, 0.1) is 0 Å². The molecule has 0 amide bonds. The van der Waals surface area contributed by atoms with Crippen molar-refractivity contribution in [2.24, 2.45) is 0 Å². The second-order valence-electron chi connectivity index (χ2n) is 4.39. The topological polar surface area (TPSA) is 3.24 Å². The van der Waals surface area contributed by atoms with E-state index in [9.17, 15) is 0 Å². The molecule has 0 aromatic heterocycles. The van der Waals surface area contributed by atoms with Crippen LogP contribution in [0, 0.1) is 0 Å². The van der Waals surface area contributed by atoms with Crippen LogP contribution in [0.3, 0.4) is 0 Å². The van der Waals surface area contributed by atoms with E-state index in [4.69, 9.17) is 0 Å². The van der Waals surface area contributed by atoms with Crippen LogP contribution in [0.15, 0.2) is 24.3 Å². The molecule has 0 unspecified atom stereocenters. The molecule has 1 aliphatic heterocycles. The zero-order valence-corrected chi connectivity index (χ0v) is 9.33. The molecule has 1 aliphatic rings. The Morgan fingerprint density at radius 3 is 2.57 bits per heavy atom. The van der Waals surface area contributed by atoms with Crippen LogP contribution in [0.5, 0.6) is 0 Å². The fraction of sp³-hybridized carbons (Fsp3) is 0.538. The molecule has 0 saturated carbocycles. The minimum atomic E-state index is 0.627. The van der Waals surface area contributed by atoms with Crippen LogP contribution in [0.1, 0.15) is 43.4 Å². The second kappa shape index (κ2) is 3.74. The molecule has 0 radical (unpaired) electrons. The minimum Gasteiger partial charge on any atom is -0.299 e. The number of nitrogens with zero attached hydrogens (tertiary/aromatic N) is 1. The molecule has 14 heavy (non-hydrogen) atoms. The maximum Gasteiger partial charge on any atom is 0.0345 e. The second-order valence-corrected chi connectivity index (χ2v) is 4.39. The van der Waals surface area contributed by atoms with Crippen molar-refractivity contribution in [2.75, 3.05) is 13.6 Å². The van der Waals surface area contributed by atoms with E-state index in [1.165, 1.54) is 18.5 Å². The average Bonchev–Trinajstić information content (AvgIpc) is 2.18. The van der Waals surface area contributed by atoms with E-state index >= 15 is 0 Å². The zero-order valence-electron chi connectivity index (χ0n) is 9.33. The summed E-state index contributed by atoms with van der Waals surface area (Å²) in [5.74, 6) is 0.680. The summed E-state index contributed by atoms with van der Waals surface area (Å²) in [4.78, 5) is 2.48. The molecular formula is C13H19N. The molecule has 1 heteroatoms. The first kappa shape index (κ1) is 9.72. The lowest BCUT2D eigenvalue weighted by molar-refractivity contribution is 0.208. The number of benzene rings is 1. The van der Waals surface area contributed by atoms with Crippen LogP contribution in [0.25, 0.3) is 0 Å². The third kappa shape index (κ3) is 1.46. The van der Waals surface area contributed by atoms with Crippen molar-refractivity contribution in [3.8, 4) is 0 Å². The summed E-state index contributed by atoms with van der Waals surface area (Å²) in [6.45, 7) is 5.78. The van der Waals surface area contributed by atoms with Gasteiger partial charge in [-0.25, -0.2) is 0 Å². The fourth-order valence-corrected chi connectivity index (χ4v) is 2.69. The van der Waals surface area contributed by atoms with Crippen LogP contribution in [-0.4, -0.2) is 18.5 Å². The van der Waals surface area contributed by atoms with Gasteiger partial charge >= 0.3 is 0 Å². The molecule has 2 rings (SSSR count). The van der Waals surface area contributed by atoms with Crippen molar-refractivity contribution in [3.63, 3.8) is 0 Å². The number of hydrogen-bond acceptors (Lipinski definition) is 1. The van der Waals surface area contributed by atoms with Gasteiger partial charge in [0.2, 0.25) is 0 Å². The fourth-order valence-electron chi connectivity index (χ4n) is 2.69. The Hall–Kier alpha value is -0.820. The van der Waals surface area contributed by atoms with Crippen LogP contribution >= 0.6 is 0 Å². The SMILES string of the molecule is CC[C@@H]1c2ccccc2[C@H](C)CN1C. The van der Waals surface area contributed by atoms with E-state index in [0.29, 0.717) is 12.0 Å². The van der Waals surface area contributed by atoms with E-state index in [2.05, 4.69) is 50.1 Å². The van der Waals surface area contributed by atoms with E-state index in [-0.39, 0.29) is 0 Å². The Balaban J connectivity index is 2.45. The molecule has 0 saturated heterocycles. The van der Waals surface area contributed by atoms with Gasteiger partial charge in [-0.2, -0.15) is 0 Å². The summed E-state index contributed by atoms with van der Waals surface area (Å²) in [6.07, 6.45) is 1.21. The highest BCUT2D eigenvalue weighted by Crippen LogP contribution is 2.36. The first-order valence-corrected chi connectivity index (χ1v) is 5.53. The first-order valence-electron chi connectivity index (χ1n) is 5.53. The largest absolute Gasteiger partial charge is 0.299 e. The van der Waals surface area contributed by atoms with E-state index in [1.54, 1.807) is 5.56 Å². The Morgan fingerprint density at radius 1 is 1.29 bits per heavy atom. The zero-order chi connectivity index (χ0) is 10.1. The smallest absolute Gasteiger partial charge is 0.0345 e. The molecule has 0 fully saturated rings. The van der Waals surface area contributed by atoms with Gasteiger partial charge < -0.3 is 0 Å². The maximum atomic E-state index is 2.48. The van der Waals surface area contributed by atoms with Gasteiger partial charge in [-0.1, -0.05) is 38.1 Å². The summed E-state index contributed by atoms with van der Waals surface area (Å²) >= 11 is 0. The number of fused-ring (bicyclic) bond motifs is 1. The monoisotopic (exact) mass is 189 g/mol. The number of hydrogen-bond donors (Lipinski definition) is 0. The van der Waals surface area contributed by atoms with Gasteiger partial charge in [-0.05, 0) is 30.5 Å². The predicted molar refractivity (Wildman–Crippen MR) is 60.5 cm³/mol. The summed E-state index contributed by atoms with van der Waals surface area (Å²) in [5.41, 5.74) is 3.09. The Kier molecular flexibility index (Phi) is 2.60. The number of rotatable bonds is 1. The highest BCUT2D eigenvalue weighted by Gasteiger charge is 2.26. The molecule has 0 N–H and O–H groups in total. The minimum absolute atomic E-state index is 0.627. The lowest BCUT2D eigenvalue weighted by Crippen LogP contribution is -2.33. The van der Waals surface area contributed by atoms with Crippen LogP contribution < -0.4 is 0 Å². The van der Waals surface area contributed by atoms with Gasteiger partial charge in [0, 0.05) is 12.6 Å². The molecule has 76 valence electrons. The Morgan fingerprint density at radius 2 is 1.93 bits per heavy atom. The maximum absolute atomic E-state index is 2.48. The lowest BCUT2D eigenvalue weighted by Gasteiger charge is -2.37. The van der Waals surface area contributed by atoms with E-state index < -0.39 is 0 Å². The van der Waals surface area contributed by atoms with Gasteiger partial charge in [0.15, 0.2) is 0 Å². The first-order chi connectivity index (χ1) is 6.74. The van der Waals surface area contributed by atoms with E-state index in [0.717, 1.165) is 0 Å². The van der Waals surface area contributed by atoms with Gasteiger partial charge in [-0.15, -0.1) is 0 Å². The molecule has 1 aromatic rings. The predicted octanol–water partition coefficient (Wildman–Crippen LogP) is 3.19. The molecule has 1 heterocycles. The van der Waals surface area contributed by atoms with Gasteiger partial charge in [0.25, 0.3) is 0 Å². The van der Waals surface area contributed by atoms with E-state index in [1.807, 2.05) is 0 Å². The molecule has 0 aliphatic carbocycles. The molecule has 0 bridgehead atoms. The summed E-state index contributed by atoms with van der Waals surface area (Å²) in [6, 6.07) is 9.52. The Labute approximate surface area is 86.7 Å². The van der Waals surface area contributed by atoms with Crippen LogP contribution in [-0.2, 0) is 0 Å². The normalized spacial score (nSPS) is 27.4. The average molecular weight is 189 g/mol. The third-order valence-corrected chi connectivity index (χ3v) is 3.37. The highest BCUT2D eigenvalue weighted by atomic mass is 15.1. The van der Waals surface area contributed by atoms with Crippen LogP contribution in [0.4, 0.5) is 0 Å². The molecular weight excluding hydrogens is 170 g/mol. The molecule has 1 nitrogen and oxygen atoms in total. The Bertz CT molecular complexity index is 319. The van der Waals surface area contributed by atoms with Crippen molar-refractivity contribution in [1.82, 2.24) is 4.90 Å². The van der Waals surface area contributed by atoms with Crippen molar-refractivity contribution in [2.45, 2.75) is 32.2 Å². The molecule has 2 atom stereocenters. The van der Waals surface area contributed by atoms with Gasteiger partial charge in [0.1, 0.15) is 0 Å². The quantitative estimate of drug-likeness (QED) is 0.656. The summed E-state index contributed by atoms with van der Waals surface area (Å²) in [7, 11) is 2.24. The van der Waals surface area contributed by atoms with Crippen molar-refractivity contribution in [3.05, 3.63) is 35.4 Å². The van der Waals surface area contributed by atoms with Gasteiger partial charge in [-0.3, -0.25) is 4.90 Å². The summed E-state index contributed by atoms with van der Waals surface area (Å²) < 4.78 is 0. The van der Waals surface area contributed by atoms with Crippen molar-refractivity contribution in [1.29, 1.82) is 0 Å². The number of likely N-dealkylation sites (N-methyl/N-ethyl adjacent to an activating group) is 1. The lowest BCUT2D eigenvalue weighted by atomic mass is 9.86. The standard InChI is InChI=1S/C13H19N/c1-4-13-12-8-6-5-7-11(12)10(2)9-14(13)3/h5-8,10,13H,4,9H2,1-3H3/t10-,13-/m1/s1. The molecule has 1 aromatic carbocycles. The summed E-state index contributed by atoms with van der Waals surface area (Å²) in [5, 5.41) is 0.